The van der Waals surface area contributed by atoms with Crippen molar-refractivity contribution in [3.8, 4) is 0 Å². The van der Waals surface area contributed by atoms with E-state index in [1.807, 2.05) is 11.0 Å². The van der Waals surface area contributed by atoms with Gasteiger partial charge >= 0.3 is 0 Å². The summed E-state index contributed by atoms with van der Waals surface area (Å²) in [7, 11) is 0. The van der Waals surface area contributed by atoms with E-state index < -0.39 is 0 Å². The van der Waals surface area contributed by atoms with Gasteiger partial charge < -0.3 is 4.90 Å². The van der Waals surface area contributed by atoms with Crippen LogP contribution in [0.25, 0.3) is 0 Å². The highest BCUT2D eigenvalue weighted by atomic mass is 16.2. The number of likely N-dealkylation sites (tertiary alicyclic amines) is 2. The van der Waals surface area contributed by atoms with Crippen molar-refractivity contribution in [2.75, 3.05) is 32.7 Å². The monoisotopic (exact) mass is 262 g/mol. The first-order chi connectivity index (χ1) is 9.33. The Morgan fingerprint density at radius 3 is 2.89 bits per heavy atom. The van der Waals surface area contributed by atoms with Crippen LogP contribution in [-0.2, 0) is 4.79 Å². The molecule has 19 heavy (non-hydrogen) atoms. The van der Waals surface area contributed by atoms with E-state index in [1.165, 1.54) is 25.0 Å². The number of aromatic amines is 1. The van der Waals surface area contributed by atoms with Gasteiger partial charge in [0.1, 0.15) is 0 Å². The van der Waals surface area contributed by atoms with Gasteiger partial charge in [-0.3, -0.25) is 14.8 Å². The van der Waals surface area contributed by atoms with Crippen LogP contribution in [0.2, 0.25) is 0 Å². The fourth-order valence-corrected chi connectivity index (χ4v) is 3.16. The molecule has 1 amide bonds. The van der Waals surface area contributed by atoms with Crippen LogP contribution in [0.3, 0.4) is 0 Å². The molecule has 104 valence electrons. The van der Waals surface area contributed by atoms with Crippen LogP contribution in [0.1, 0.15) is 37.3 Å². The normalized spacial score (nSPS) is 24.8. The Hall–Kier alpha value is -1.36. The first-order valence-corrected chi connectivity index (χ1v) is 7.32. The molecule has 2 aliphatic heterocycles. The minimum atomic E-state index is 0.310. The van der Waals surface area contributed by atoms with E-state index in [-0.39, 0.29) is 0 Å². The van der Waals surface area contributed by atoms with Crippen LogP contribution in [0, 0.1) is 0 Å². The van der Waals surface area contributed by atoms with Gasteiger partial charge in [0.2, 0.25) is 5.91 Å². The number of carbonyl (C=O) groups excluding carboxylic acids is 1. The molecule has 0 bridgehead atoms. The lowest BCUT2D eigenvalue weighted by Crippen LogP contribution is -2.42. The SMILES string of the molecule is O=C(CN1CC[C@H](c2ccn[nH]2)C1)N1CCCCC1. The van der Waals surface area contributed by atoms with Gasteiger partial charge in [0.05, 0.1) is 6.54 Å². The highest BCUT2D eigenvalue weighted by Gasteiger charge is 2.27. The quantitative estimate of drug-likeness (QED) is 0.891. The second-order valence-corrected chi connectivity index (χ2v) is 5.67. The zero-order valence-electron chi connectivity index (χ0n) is 11.3. The zero-order chi connectivity index (χ0) is 13.1. The van der Waals surface area contributed by atoms with E-state index in [9.17, 15) is 4.79 Å². The van der Waals surface area contributed by atoms with Crippen molar-refractivity contribution >= 4 is 5.91 Å². The third-order valence-corrected chi connectivity index (χ3v) is 4.30. The minimum absolute atomic E-state index is 0.310. The summed E-state index contributed by atoms with van der Waals surface area (Å²) in [5.41, 5.74) is 1.20. The number of amides is 1. The molecule has 0 unspecified atom stereocenters. The fraction of sp³-hybridized carbons (Fsp3) is 0.714. The second-order valence-electron chi connectivity index (χ2n) is 5.67. The number of carbonyl (C=O) groups is 1. The Morgan fingerprint density at radius 1 is 1.32 bits per heavy atom. The molecule has 5 heteroatoms. The van der Waals surface area contributed by atoms with Gasteiger partial charge in [-0.2, -0.15) is 5.10 Å². The first kappa shape index (κ1) is 12.7. The average molecular weight is 262 g/mol. The lowest BCUT2D eigenvalue weighted by Gasteiger charge is -2.28. The van der Waals surface area contributed by atoms with E-state index in [0.29, 0.717) is 18.4 Å². The largest absolute Gasteiger partial charge is 0.342 e. The number of nitrogens with zero attached hydrogens (tertiary/aromatic N) is 3. The van der Waals surface area contributed by atoms with Crippen LogP contribution >= 0.6 is 0 Å². The number of nitrogens with one attached hydrogen (secondary N) is 1. The molecule has 0 aromatic carbocycles. The van der Waals surface area contributed by atoms with Crippen molar-refractivity contribution in [3.63, 3.8) is 0 Å². The summed E-state index contributed by atoms with van der Waals surface area (Å²) in [6.45, 7) is 4.49. The molecule has 3 heterocycles. The van der Waals surface area contributed by atoms with Crippen LogP contribution in [0.5, 0.6) is 0 Å². The second kappa shape index (κ2) is 5.74. The Kier molecular flexibility index (Phi) is 3.82. The van der Waals surface area contributed by atoms with Crippen LogP contribution in [0.4, 0.5) is 0 Å². The predicted molar refractivity (Wildman–Crippen MR) is 72.8 cm³/mol. The van der Waals surface area contributed by atoms with Gasteiger partial charge in [-0.1, -0.05) is 0 Å². The molecule has 1 aromatic rings. The molecule has 1 N–H and O–H groups in total. The van der Waals surface area contributed by atoms with Crippen molar-refractivity contribution in [1.29, 1.82) is 0 Å². The molecule has 0 spiro atoms. The third-order valence-electron chi connectivity index (χ3n) is 4.30. The molecule has 5 nitrogen and oxygen atoms in total. The number of aromatic nitrogens is 2. The van der Waals surface area contributed by atoms with E-state index >= 15 is 0 Å². The van der Waals surface area contributed by atoms with Gasteiger partial charge in [-0.15, -0.1) is 0 Å². The lowest BCUT2D eigenvalue weighted by molar-refractivity contribution is -0.133. The highest BCUT2D eigenvalue weighted by Crippen LogP contribution is 2.25. The van der Waals surface area contributed by atoms with Crippen molar-refractivity contribution in [3.05, 3.63) is 18.0 Å². The molecule has 0 radical (unpaired) electrons. The number of hydrogen-bond donors (Lipinski definition) is 1. The number of H-pyrrole nitrogens is 1. The number of piperidine rings is 1. The highest BCUT2D eigenvalue weighted by molar-refractivity contribution is 5.78. The fourth-order valence-electron chi connectivity index (χ4n) is 3.16. The maximum absolute atomic E-state index is 12.2. The predicted octanol–water partition coefficient (Wildman–Crippen LogP) is 1.21. The lowest BCUT2D eigenvalue weighted by atomic mass is 10.1. The van der Waals surface area contributed by atoms with Crippen molar-refractivity contribution < 1.29 is 4.79 Å². The minimum Gasteiger partial charge on any atom is -0.342 e. The zero-order valence-corrected chi connectivity index (χ0v) is 11.3. The summed E-state index contributed by atoms with van der Waals surface area (Å²) in [6, 6.07) is 2.04. The summed E-state index contributed by atoms with van der Waals surface area (Å²) in [5.74, 6) is 0.821. The van der Waals surface area contributed by atoms with Crippen LogP contribution in [0.15, 0.2) is 12.3 Å². The maximum Gasteiger partial charge on any atom is 0.236 e. The Balaban J connectivity index is 1.50. The van der Waals surface area contributed by atoms with E-state index in [2.05, 4.69) is 15.1 Å². The van der Waals surface area contributed by atoms with E-state index in [0.717, 1.165) is 32.6 Å². The molecule has 1 aromatic heterocycles. The molecule has 1 atom stereocenters. The molecule has 3 rings (SSSR count). The number of hydrogen-bond acceptors (Lipinski definition) is 3. The summed E-state index contributed by atoms with van der Waals surface area (Å²) in [4.78, 5) is 16.5. The molecule has 0 saturated carbocycles. The third kappa shape index (κ3) is 2.97. The van der Waals surface area contributed by atoms with Crippen LogP contribution in [-0.4, -0.2) is 58.6 Å². The van der Waals surface area contributed by atoms with Crippen molar-refractivity contribution in [1.82, 2.24) is 20.0 Å². The molecular weight excluding hydrogens is 240 g/mol. The standard InChI is InChI=1S/C14H22N4O/c19-14(18-7-2-1-3-8-18)11-17-9-5-12(10-17)13-4-6-15-16-13/h4,6,12H,1-3,5,7-11H2,(H,15,16)/t12-/m0/s1. The molecule has 2 aliphatic rings. The maximum atomic E-state index is 12.2. The summed E-state index contributed by atoms with van der Waals surface area (Å²) >= 11 is 0. The Bertz CT molecular complexity index is 411. The average Bonchev–Trinajstić information content (AvgIpc) is 3.10. The first-order valence-electron chi connectivity index (χ1n) is 7.32. The molecule has 2 fully saturated rings. The van der Waals surface area contributed by atoms with Crippen molar-refractivity contribution in [2.24, 2.45) is 0 Å². The van der Waals surface area contributed by atoms with E-state index in [1.54, 1.807) is 6.20 Å². The van der Waals surface area contributed by atoms with Gasteiger partial charge in [-0.05, 0) is 38.3 Å². The number of rotatable bonds is 3. The van der Waals surface area contributed by atoms with Gasteiger partial charge in [0.15, 0.2) is 0 Å². The summed E-state index contributed by atoms with van der Waals surface area (Å²) in [6.07, 6.45) is 6.53. The molecular formula is C14H22N4O. The van der Waals surface area contributed by atoms with Crippen LogP contribution < -0.4 is 0 Å². The molecule has 2 saturated heterocycles. The molecule has 0 aliphatic carbocycles. The van der Waals surface area contributed by atoms with Crippen molar-refractivity contribution in [2.45, 2.75) is 31.6 Å². The summed E-state index contributed by atoms with van der Waals surface area (Å²) in [5, 5.41) is 7.05. The Morgan fingerprint density at radius 2 is 2.16 bits per heavy atom. The van der Waals surface area contributed by atoms with Gasteiger partial charge in [-0.25, -0.2) is 0 Å². The van der Waals surface area contributed by atoms with Gasteiger partial charge in [0.25, 0.3) is 0 Å². The smallest absolute Gasteiger partial charge is 0.236 e. The van der Waals surface area contributed by atoms with Gasteiger partial charge in [0, 0.05) is 37.4 Å². The topological polar surface area (TPSA) is 52.2 Å². The summed E-state index contributed by atoms with van der Waals surface area (Å²) < 4.78 is 0. The Labute approximate surface area is 114 Å². The van der Waals surface area contributed by atoms with E-state index in [4.69, 9.17) is 0 Å².